The Labute approximate surface area is 473 Å². The van der Waals surface area contributed by atoms with Gasteiger partial charge in [-0.05, 0) is 96.5 Å². The van der Waals surface area contributed by atoms with Gasteiger partial charge in [-0.1, -0.05) is 108 Å². The number of thiocarbonyl (C=S) groups is 2. The third kappa shape index (κ3) is 11.3. The Morgan fingerprint density at radius 2 is 1.08 bits per heavy atom. The maximum absolute atomic E-state index is 14.3. The molecule has 0 aliphatic rings. The van der Waals surface area contributed by atoms with E-state index in [1.807, 2.05) is 135 Å². The number of hydrogen-bond acceptors (Lipinski definition) is 18. The minimum atomic E-state index is -0.280. The second-order valence-electron chi connectivity index (χ2n) is 17.2. The van der Waals surface area contributed by atoms with Crippen LogP contribution >= 0.6 is 70.3 Å². The van der Waals surface area contributed by atoms with Crippen LogP contribution in [0.5, 0.6) is 0 Å². The van der Waals surface area contributed by atoms with Crippen LogP contribution < -0.4 is 27.5 Å². The highest BCUT2D eigenvalue weighted by atomic mass is 35.5. The fourth-order valence-electron chi connectivity index (χ4n) is 9.02. The summed E-state index contributed by atoms with van der Waals surface area (Å²) in [5.41, 5.74) is 18.0. The van der Waals surface area contributed by atoms with E-state index in [2.05, 4.69) is 72.9 Å². The second kappa shape index (κ2) is 23.7. The summed E-state index contributed by atoms with van der Waals surface area (Å²) < 4.78 is 3.44. The fraction of sp³-hybridized carbons (Fsp3) is 0.0714. The lowest BCUT2D eigenvalue weighted by molar-refractivity contribution is 0.774. The Hall–Kier alpha value is -8.59. The SMILES string of the molecule is C[C@H](Nc1ncnc2scnc12)c1cc2cccc(-c3cncc(N)c3)c2c(=O)n1-c1ccccc1.C[C@H](Nc1ncnc2scnc12)c1cc2cccc(-c3cncc(N=C=S)c3)c2c(=O)n1-c1ccccc1.S=C(Cl)Cl. The number of halogens is 2. The molecule has 8 heterocycles. The van der Waals surface area contributed by atoms with Crippen LogP contribution in [0.25, 0.3) is 75.9 Å². The van der Waals surface area contributed by atoms with Gasteiger partial charge in [0.2, 0.25) is 0 Å². The van der Waals surface area contributed by atoms with Crippen LogP contribution in [0, 0.1) is 0 Å². The van der Waals surface area contributed by atoms with E-state index in [4.69, 9.17) is 41.2 Å². The molecule has 384 valence electrons. The molecule has 0 fully saturated rings. The first-order chi connectivity index (χ1) is 38.0. The van der Waals surface area contributed by atoms with Gasteiger partial charge in [0.05, 0.1) is 56.6 Å². The van der Waals surface area contributed by atoms with Crippen molar-refractivity contribution in [3.63, 3.8) is 0 Å². The molecule has 4 N–H and O–H groups in total. The predicted octanol–water partition coefficient (Wildman–Crippen LogP) is 13.3. The largest absolute Gasteiger partial charge is 0.397 e. The second-order valence-corrected chi connectivity index (χ2v) is 20.8. The Morgan fingerprint density at radius 3 is 1.54 bits per heavy atom. The number of pyridine rings is 4. The molecule has 0 amide bonds. The maximum Gasteiger partial charge on any atom is 0.263 e. The lowest BCUT2D eigenvalue weighted by Gasteiger charge is -2.22. The fourth-order valence-corrected chi connectivity index (χ4v) is 10.4. The highest BCUT2D eigenvalue weighted by Gasteiger charge is 2.23. The Kier molecular flexibility index (Phi) is 16.1. The molecule has 0 spiro atoms. The number of nitrogen functional groups attached to an aromatic ring is 1. The zero-order valence-corrected chi connectivity index (χ0v) is 45.8. The summed E-state index contributed by atoms with van der Waals surface area (Å²) >= 11 is 21.3. The molecule has 12 rings (SSSR count). The highest BCUT2D eigenvalue weighted by Crippen LogP contribution is 2.34. The lowest BCUT2D eigenvalue weighted by Crippen LogP contribution is -2.26. The molecule has 0 unspecified atom stereocenters. The van der Waals surface area contributed by atoms with Gasteiger partial charge in [0.1, 0.15) is 33.3 Å². The van der Waals surface area contributed by atoms with E-state index in [1.54, 1.807) is 44.9 Å². The molecule has 4 aromatic carbocycles. The number of rotatable bonds is 11. The Balaban J connectivity index is 0.000000165. The summed E-state index contributed by atoms with van der Waals surface area (Å²) in [6.07, 6.45) is 9.68. The molecule has 0 saturated carbocycles. The quantitative estimate of drug-likeness (QED) is 0.0625. The summed E-state index contributed by atoms with van der Waals surface area (Å²) in [6.45, 7) is 4.01. The van der Waals surface area contributed by atoms with Crippen molar-refractivity contribution in [1.29, 1.82) is 0 Å². The minimum absolute atomic E-state index is 0.0556. The van der Waals surface area contributed by atoms with Gasteiger partial charge in [0, 0.05) is 52.5 Å². The van der Waals surface area contributed by atoms with Gasteiger partial charge in [-0.25, -0.2) is 29.9 Å². The smallest absolute Gasteiger partial charge is 0.263 e. The molecular formula is C56H40Cl2N14O2S4. The molecule has 16 nitrogen and oxygen atoms in total. The van der Waals surface area contributed by atoms with Crippen LogP contribution in [0.3, 0.4) is 0 Å². The van der Waals surface area contributed by atoms with Crippen LogP contribution in [0.2, 0.25) is 0 Å². The zero-order chi connectivity index (χ0) is 54.3. The minimum Gasteiger partial charge on any atom is -0.397 e. The molecular weight excluding hydrogens is 1100 g/mol. The Morgan fingerprint density at radius 1 is 0.615 bits per heavy atom. The number of benzene rings is 4. The van der Waals surface area contributed by atoms with E-state index < -0.39 is 0 Å². The number of isothiocyanates is 1. The number of hydrogen-bond donors (Lipinski definition) is 3. The van der Waals surface area contributed by atoms with E-state index in [0.29, 0.717) is 44.8 Å². The van der Waals surface area contributed by atoms with Crippen molar-refractivity contribution in [2.24, 2.45) is 4.99 Å². The van der Waals surface area contributed by atoms with Crippen molar-refractivity contribution in [3.05, 3.63) is 202 Å². The summed E-state index contributed by atoms with van der Waals surface area (Å²) in [7, 11) is 0. The monoisotopic (exact) mass is 1140 g/mol. The zero-order valence-electron chi connectivity index (χ0n) is 41.0. The number of aliphatic imine (C=N–C) groups is 1. The molecule has 12 aromatic rings. The number of para-hydroxylation sites is 2. The van der Waals surface area contributed by atoms with Gasteiger partial charge in [0.15, 0.2) is 15.4 Å². The lowest BCUT2D eigenvalue weighted by atomic mass is 9.98. The molecule has 22 heteroatoms. The van der Waals surface area contributed by atoms with Crippen molar-refractivity contribution in [2.45, 2.75) is 25.9 Å². The number of nitrogens with zero attached hydrogens (tertiary/aromatic N) is 11. The van der Waals surface area contributed by atoms with Gasteiger partial charge in [-0.3, -0.25) is 28.7 Å². The van der Waals surface area contributed by atoms with Crippen LogP contribution in [0.4, 0.5) is 23.0 Å². The predicted molar refractivity (Wildman–Crippen MR) is 323 cm³/mol. The van der Waals surface area contributed by atoms with Gasteiger partial charge < -0.3 is 16.4 Å². The van der Waals surface area contributed by atoms with E-state index >= 15 is 0 Å². The summed E-state index contributed by atoms with van der Waals surface area (Å²) in [5.74, 6) is 1.24. The van der Waals surface area contributed by atoms with Crippen LogP contribution in [-0.4, -0.2) is 58.0 Å². The normalized spacial score (nSPS) is 11.7. The number of nitrogens with one attached hydrogen (secondary N) is 2. The third-order valence-corrected chi connectivity index (χ3v) is 13.9. The van der Waals surface area contributed by atoms with Crippen molar-refractivity contribution in [2.75, 3.05) is 16.4 Å². The van der Waals surface area contributed by atoms with Gasteiger partial charge in [0.25, 0.3) is 11.1 Å². The third-order valence-electron chi connectivity index (χ3n) is 12.3. The highest BCUT2D eigenvalue weighted by molar-refractivity contribution is 7.86. The van der Waals surface area contributed by atoms with Crippen LogP contribution in [0.15, 0.2) is 184 Å². The Bertz CT molecular complexity index is 4360. The molecule has 0 aliphatic carbocycles. The molecule has 8 aromatic heterocycles. The van der Waals surface area contributed by atoms with Gasteiger partial charge >= 0.3 is 0 Å². The van der Waals surface area contributed by atoms with E-state index in [9.17, 15) is 9.59 Å². The summed E-state index contributed by atoms with van der Waals surface area (Å²) in [6, 6.07) is 38.1. The molecule has 2 atom stereocenters. The average Bonchev–Trinajstić information content (AvgIpc) is 4.29. The molecule has 78 heavy (non-hydrogen) atoms. The van der Waals surface area contributed by atoms with Crippen molar-refractivity contribution < 1.29 is 0 Å². The average molecular weight is 1140 g/mol. The molecule has 0 bridgehead atoms. The van der Waals surface area contributed by atoms with Crippen molar-refractivity contribution in [3.8, 4) is 33.6 Å². The van der Waals surface area contributed by atoms with Crippen LogP contribution in [-0.2, 0) is 0 Å². The number of thiazole rings is 2. The van der Waals surface area contributed by atoms with Crippen LogP contribution in [0.1, 0.15) is 37.3 Å². The molecule has 0 saturated heterocycles. The van der Waals surface area contributed by atoms with Crippen molar-refractivity contribution >= 4 is 145 Å². The van der Waals surface area contributed by atoms with E-state index in [-0.39, 0.29) is 27.0 Å². The number of nitrogens with two attached hydrogens (primary N) is 1. The summed E-state index contributed by atoms with van der Waals surface area (Å²) in [4.78, 5) is 68.9. The van der Waals surface area contributed by atoms with E-state index in [0.717, 1.165) is 65.4 Å². The van der Waals surface area contributed by atoms with Gasteiger partial charge in [-0.2, -0.15) is 4.99 Å². The molecule has 0 aliphatic heterocycles. The molecule has 0 radical (unpaired) electrons. The number of fused-ring (bicyclic) bond motifs is 4. The standard InChI is InChI=1S/C28H19N7OS2.C27H21N7OS.CCl2S/c1-17(34-26-25-27(31-14-30-26)38-16-33-25)23-11-18-6-5-9-22(19-10-20(32-15-37)13-29-12-19)24(18)28(36)35(23)21-7-3-2-4-8-21;1-16(33-25-24-26(31-14-30-25)36-15-32-24)22-11-17-6-5-9-21(18-10-19(28)13-29-12-18)23(17)27(35)34(22)20-7-3-2-4-8-20;2-1(3)4/h2-14,16-17H,1H3,(H,30,31,34);2-16H,28H2,1H3,(H,30,31,33);/t17-;16-;/m00./s1. The van der Waals surface area contributed by atoms with Crippen molar-refractivity contribution in [1.82, 2.24) is 49.0 Å². The number of anilines is 3. The van der Waals surface area contributed by atoms with E-state index in [1.165, 1.54) is 35.3 Å². The topological polar surface area (TPSA) is 210 Å². The first-order valence-electron chi connectivity index (χ1n) is 23.7. The first kappa shape index (κ1) is 52.8. The van der Waals surface area contributed by atoms with Gasteiger partial charge in [-0.15, -0.1) is 22.7 Å². The maximum atomic E-state index is 14.3. The number of aromatic nitrogens is 10. The first-order valence-corrected chi connectivity index (χ1v) is 27.0. The summed E-state index contributed by atoms with van der Waals surface area (Å²) in [5, 5.41) is 12.1.